The van der Waals surface area contributed by atoms with Crippen LogP contribution in [-0.2, 0) is 35.0 Å². The first-order valence-corrected chi connectivity index (χ1v) is 1.51. The van der Waals surface area contributed by atoms with Crippen LogP contribution >= 0.6 is 12.2 Å². The zero-order chi connectivity index (χ0) is 3.58. The normalized spacial score (nSPS) is 4.00. The molecule has 0 unspecified atom stereocenters. The van der Waals surface area contributed by atoms with Crippen LogP contribution in [0, 0.1) is 0 Å². The fraction of sp³-hybridized carbons (Fsp3) is 0.500. The Kier molecular flexibility index (Phi) is 24.5. The van der Waals surface area contributed by atoms with E-state index in [4.69, 9.17) is 0 Å². The van der Waals surface area contributed by atoms with Crippen LogP contribution in [0.1, 0.15) is 7.43 Å². The van der Waals surface area contributed by atoms with Crippen LogP contribution in [-0.4, -0.2) is 4.32 Å². The number of rotatable bonds is 0. The molecule has 0 aliphatic rings. The summed E-state index contributed by atoms with van der Waals surface area (Å²) < 4.78 is 0.0833. The fourth-order valence-electron chi connectivity index (χ4n) is 0. The summed E-state index contributed by atoms with van der Waals surface area (Å²) in [6.45, 7) is 0. The molecule has 42 valence electrons. The molecule has 0 spiro atoms. The van der Waals surface area contributed by atoms with Gasteiger partial charge in [-0.25, -0.2) is 0 Å². The van der Waals surface area contributed by atoms with Gasteiger partial charge in [0.15, 0.2) is 0 Å². The molecule has 0 bridgehead atoms. The van der Waals surface area contributed by atoms with E-state index in [-0.39, 0.29) is 34.1 Å². The van der Waals surface area contributed by atoms with Crippen molar-refractivity contribution in [2.75, 3.05) is 0 Å². The van der Waals surface area contributed by atoms with E-state index < -0.39 is 0 Å². The van der Waals surface area contributed by atoms with Gasteiger partial charge in [-0.3, -0.25) is 0 Å². The van der Waals surface area contributed by atoms with Gasteiger partial charge in [-0.1, -0.05) is 11.7 Å². The zero-order valence-electron chi connectivity index (χ0n) is 2.20. The van der Waals surface area contributed by atoms with Crippen molar-refractivity contribution in [1.29, 1.82) is 0 Å². The number of hydrogen-bond acceptors (Lipinski definition) is 2. The average molecular weight is 305 g/mol. The Morgan fingerprint density at radius 1 is 1.67 bits per heavy atom. The van der Waals surface area contributed by atoms with Crippen molar-refractivity contribution in [3.63, 3.8) is 0 Å². The van der Waals surface area contributed by atoms with Crippen LogP contribution in [0.15, 0.2) is 0 Å². The van der Waals surface area contributed by atoms with E-state index in [1.54, 1.807) is 0 Å². The summed E-state index contributed by atoms with van der Waals surface area (Å²) in [6, 6.07) is 0. The summed E-state index contributed by atoms with van der Waals surface area (Å²) in [6.07, 6.45) is 0. The molecular formula is C2H6AuNS2. The minimum absolute atomic E-state index is 0. The van der Waals surface area contributed by atoms with Gasteiger partial charge in [0.05, 0.1) is 0 Å². The minimum atomic E-state index is 0. The second-order valence-corrected chi connectivity index (χ2v) is 1.46. The topological polar surface area (TPSA) is 26.0 Å². The molecule has 0 saturated carbocycles. The van der Waals surface area contributed by atoms with Crippen LogP contribution in [0.3, 0.4) is 0 Å². The van der Waals surface area contributed by atoms with Gasteiger partial charge in [0.2, 0.25) is 0 Å². The van der Waals surface area contributed by atoms with Gasteiger partial charge in [-0.05, 0) is 0 Å². The predicted molar refractivity (Wildman–Crippen MR) is 30.9 cm³/mol. The van der Waals surface area contributed by atoms with Gasteiger partial charge in [-0.15, -0.1) is 0 Å². The molecule has 0 rings (SSSR count). The second kappa shape index (κ2) is 9.28. The van der Waals surface area contributed by atoms with Crippen LogP contribution < -0.4 is 5.73 Å². The van der Waals surface area contributed by atoms with Crippen LogP contribution in [0.25, 0.3) is 0 Å². The van der Waals surface area contributed by atoms with Crippen molar-refractivity contribution in [1.82, 2.24) is 0 Å². The fourth-order valence-corrected chi connectivity index (χ4v) is 0. The predicted octanol–water partition coefficient (Wildman–Crippen LogP) is 0.411. The summed E-state index contributed by atoms with van der Waals surface area (Å²) >= 11 is 8.26. The van der Waals surface area contributed by atoms with E-state index in [2.05, 4.69) is 30.6 Å². The van der Waals surface area contributed by atoms with Crippen molar-refractivity contribution in [3.05, 3.63) is 0 Å². The number of nitrogens with two attached hydrogens (primary N) is 1. The van der Waals surface area contributed by atoms with Gasteiger partial charge >= 0.3 is 22.4 Å². The Morgan fingerprint density at radius 3 is 1.67 bits per heavy atom. The molecule has 0 aromatic rings. The summed E-state index contributed by atoms with van der Waals surface area (Å²) in [7, 11) is 0. The Balaban J connectivity index is -0.0000000450. The first kappa shape index (κ1) is 15.8. The monoisotopic (exact) mass is 305 g/mol. The van der Waals surface area contributed by atoms with Gasteiger partial charge in [0.1, 0.15) is 0 Å². The third-order valence-corrected chi connectivity index (χ3v) is 0. The molecule has 1 nitrogen and oxygen atoms in total. The molecule has 0 atom stereocenters. The van der Waals surface area contributed by atoms with Gasteiger partial charge in [0, 0.05) is 0 Å². The Bertz CT molecular complexity index is 34.5. The van der Waals surface area contributed by atoms with Gasteiger partial charge in [-0.2, -0.15) is 0 Å². The minimum Gasteiger partial charge on any atom is -0.415 e. The first-order valence-electron chi connectivity index (χ1n) is 0.697. The van der Waals surface area contributed by atoms with E-state index in [1.807, 2.05) is 0 Å². The standard InChI is InChI=1S/CH3NS2.CH4.Au/c2-1(3)4;;/h(H3,2,3,4);1H4;/q;;+1/p-1. The summed E-state index contributed by atoms with van der Waals surface area (Å²) in [5.74, 6) is 0. The van der Waals surface area contributed by atoms with Crippen LogP contribution in [0.4, 0.5) is 0 Å². The molecule has 2 N–H and O–H groups in total. The van der Waals surface area contributed by atoms with Crippen molar-refractivity contribution in [3.8, 4) is 0 Å². The summed E-state index contributed by atoms with van der Waals surface area (Å²) in [5.41, 5.74) is 4.66. The quantitative estimate of drug-likeness (QED) is 0.399. The van der Waals surface area contributed by atoms with E-state index >= 15 is 0 Å². The first-order chi connectivity index (χ1) is 1.73. The third-order valence-electron chi connectivity index (χ3n) is 0. The molecule has 0 aromatic heterocycles. The SMILES string of the molecule is C.NC(=S)[S-].[Au+]. The summed E-state index contributed by atoms with van der Waals surface area (Å²) in [4.78, 5) is 0. The number of hydrogen-bond donors (Lipinski definition) is 1. The molecule has 6 heavy (non-hydrogen) atoms. The second-order valence-electron chi connectivity index (χ2n) is 0.319. The molecular weight excluding hydrogens is 299 g/mol. The maximum absolute atomic E-state index is 4.66. The smallest absolute Gasteiger partial charge is 0.415 e. The van der Waals surface area contributed by atoms with Crippen molar-refractivity contribution in [2.45, 2.75) is 7.43 Å². The van der Waals surface area contributed by atoms with Gasteiger partial charge in [0.25, 0.3) is 0 Å². The van der Waals surface area contributed by atoms with E-state index in [0.29, 0.717) is 0 Å². The largest absolute Gasteiger partial charge is 1.00 e. The molecule has 0 fully saturated rings. The van der Waals surface area contributed by atoms with E-state index in [9.17, 15) is 0 Å². The van der Waals surface area contributed by atoms with Crippen LogP contribution in [0.5, 0.6) is 0 Å². The molecule has 0 aliphatic carbocycles. The molecule has 0 aliphatic heterocycles. The molecule has 0 radical (unpaired) electrons. The summed E-state index contributed by atoms with van der Waals surface area (Å²) in [5, 5.41) is 0. The molecule has 0 heterocycles. The van der Waals surface area contributed by atoms with Crippen molar-refractivity contribution >= 4 is 29.2 Å². The van der Waals surface area contributed by atoms with Crippen molar-refractivity contribution < 1.29 is 22.4 Å². The third kappa shape index (κ3) is 99.5. The maximum atomic E-state index is 4.66. The molecule has 0 aromatic carbocycles. The molecule has 0 amide bonds. The van der Waals surface area contributed by atoms with Crippen molar-refractivity contribution in [2.24, 2.45) is 5.73 Å². The zero-order valence-corrected chi connectivity index (χ0v) is 5.99. The molecule has 4 heteroatoms. The van der Waals surface area contributed by atoms with E-state index in [0.717, 1.165) is 0 Å². The maximum Gasteiger partial charge on any atom is 1.00 e. The Labute approximate surface area is 64.6 Å². The number of thiocarbonyl (C=S) groups is 1. The Morgan fingerprint density at radius 2 is 1.67 bits per heavy atom. The molecule has 0 saturated heterocycles. The van der Waals surface area contributed by atoms with E-state index in [1.165, 1.54) is 0 Å². The average Bonchev–Trinajstić information content (AvgIpc) is 0.811. The van der Waals surface area contributed by atoms with Gasteiger partial charge < -0.3 is 30.6 Å². The van der Waals surface area contributed by atoms with Crippen LogP contribution in [0.2, 0.25) is 0 Å². The Hall–Kier alpha value is 0.850.